The molecule has 20 heavy (non-hydrogen) atoms. The summed E-state index contributed by atoms with van der Waals surface area (Å²) >= 11 is 9.56. The molecule has 0 aliphatic heterocycles. The minimum atomic E-state index is 0.432. The minimum Gasteiger partial charge on any atom is -0.369 e. The molecule has 104 valence electrons. The Morgan fingerprint density at radius 1 is 1.40 bits per heavy atom. The fourth-order valence-corrected chi connectivity index (χ4v) is 2.71. The molecule has 3 rings (SSSR count). The molecule has 2 aromatic heterocycles. The number of anilines is 1. The molecule has 5 nitrogen and oxygen atoms in total. The summed E-state index contributed by atoms with van der Waals surface area (Å²) in [6.07, 6.45) is 0. The van der Waals surface area contributed by atoms with Crippen LogP contribution in [-0.4, -0.2) is 19.3 Å². The van der Waals surface area contributed by atoms with E-state index in [0.29, 0.717) is 11.0 Å². The average Bonchev–Trinajstić information content (AvgIpc) is 2.90. The van der Waals surface area contributed by atoms with Crippen LogP contribution in [0, 0.1) is 6.92 Å². The smallest absolute Gasteiger partial charge is 0.207 e. The molecule has 0 atom stereocenters. The molecule has 1 aromatic carbocycles. The van der Waals surface area contributed by atoms with Crippen molar-refractivity contribution in [1.82, 2.24) is 19.3 Å². The molecule has 0 aliphatic rings. The number of rotatable bonds is 2. The van der Waals surface area contributed by atoms with Crippen molar-refractivity contribution in [3.8, 4) is 5.69 Å². The Bertz CT molecular complexity index is 805. The van der Waals surface area contributed by atoms with Gasteiger partial charge in [-0.15, -0.1) is 0 Å². The third kappa shape index (κ3) is 1.91. The zero-order valence-electron chi connectivity index (χ0n) is 11.1. The second kappa shape index (κ2) is 4.79. The summed E-state index contributed by atoms with van der Waals surface area (Å²) < 4.78 is 4.61. The Balaban J connectivity index is 2.34. The molecular formula is C13H13BrClN5. The molecule has 0 bridgehead atoms. The van der Waals surface area contributed by atoms with Crippen LogP contribution in [0.5, 0.6) is 0 Å². The van der Waals surface area contributed by atoms with Gasteiger partial charge in [-0.1, -0.05) is 11.6 Å². The SMILES string of the molecule is CCn1nc(C)c2nc(N)n(-c3ccc(Br)c(Cl)c3)c21. The molecule has 0 saturated heterocycles. The molecular weight excluding hydrogens is 342 g/mol. The van der Waals surface area contributed by atoms with Gasteiger partial charge in [-0.05, 0) is 48.0 Å². The summed E-state index contributed by atoms with van der Waals surface area (Å²) in [5, 5.41) is 5.10. The van der Waals surface area contributed by atoms with Crippen LogP contribution in [0.2, 0.25) is 5.02 Å². The highest BCUT2D eigenvalue weighted by atomic mass is 79.9. The quantitative estimate of drug-likeness (QED) is 0.765. The lowest BCUT2D eigenvalue weighted by atomic mass is 10.3. The fourth-order valence-electron chi connectivity index (χ4n) is 2.28. The number of nitrogens with two attached hydrogens (primary N) is 1. The molecule has 0 unspecified atom stereocenters. The topological polar surface area (TPSA) is 61.7 Å². The van der Waals surface area contributed by atoms with Crippen molar-refractivity contribution in [1.29, 1.82) is 0 Å². The van der Waals surface area contributed by atoms with Gasteiger partial charge >= 0.3 is 0 Å². The summed E-state index contributed by atoms with van der Waals surface area (Å²) in [6.45, 7) is 4.72. The summed E-state index contributed by atoms with van der Waals surface area (Å²) in [6, 6.07) is 5.68. The first-order chi connectivity index (χ1) is 9.52. The van der Waals surface area contributed by atoms with Crippen LogP contribution < -0.4 is 5.73 Å². The standard InChI is InChI=1S/C13H13BrClN5/c1-3-19-12-11(7(2)18-19)17-13(16)20(12)8-4-5-9(14)10(15)6-8/h4-6H,3H2,1-2H3,(H2,16,17). The zero-order valence-corrected chi connectivity index (χ0v) is 13.4. The number of benzene rings is 1. The Hall–Kier alpha value is -1.53. The number of nitrogens with zero attached hydrogens (tertiary/aromatic N) is 4. The van der Waals surface area contributed by atoms with Crippen LogP contribution in [-0.2, 0) is 6.54 Å². The van der Waals surface area contributed by atoms with Crippen molar-refractivity contribution >= 4 is 44.6 Å². The van der Waals surface area contributed by atoms with E-state index in [1.54, 1.807) is 0 Å². The molecule has 7 heteroatoms. The lowest BCUT2D eigenvalue weighted by Gasteiger charge is -2.09. The second-order valence-corrected chi connectivity index (χ2v) is 5.74. The second-order valence-electron chi connectivity index (χ2n) is 4.48. The van der Waals surface area contributed by atoms with Crippen molar-refractivity contribution in [2.45, 2.75) is 20.4 Å². The number of aromatic nitrogens is 4. The van der Waals surface area contributed by atoms with Crippen LogP contribution in [0.1, 0.15) is 12.6 Å². The van der Waals surface area contributed by atoms with Gasteiger partial charge in [-0.25, -0.2) is 9.67 Å². The summed E-state index contributed by atoms with van der Waals surface area (Å²) in [4.78, 5) is 4.41. The summed E-state index contributed by atoms with van der Waals surface area (Å²) in [5.74, 6) is 0.432. The van der Waals surface area contributed by atoms with Crippen molar-refractivity contribution in [2.75, 3.05) is 5.73 Å². The highest BCUT2D eigenvalue weighted by Gasteiger charge is 2.18. The Labute approximate surface area is 129 Å². The molecule has 0 saturated carbocycles. The van der Waals surface area contributed by atoms with Gasteiger partial charge in [0.05, 0.1) is 16.4 Å². The van der Waals surface area contributed by atoms with E-state index in [1.165, 1.54) is 0 Å². The summed E-state index contributed by atoms with van der Waals surface area (Å²) in [5.41, 5.74) is 9.52. The highest BCUT2D eigenvalue weighted by molar-refractivity contribution is 9.10. The average molecular weight is 355 g/mol. The van der Waals surface area contributed by atoms with E-state index in [1.807, 2.05) is 41.3 Å². The molecule has 2 N–H and O–H groups in total. The van der Waals surface area contributed by atoms with Crippen LogP contribution in [0.15, 0.2) is 22.7 Å². The van der Waals surface area contributed by atoms with Gasteiger partial charge in [0.2, 0.25) is 5.95 Å². The van der Waals surface area contributed by atoms with Gasteiger partial charge in [0.25, 0.3) is 0 Å². The first kappa shape index (κ1) is 13.5. The number of halogens is 2. The lowest BCUT2D eigenvalue weighted by Crippen LogP contribution is -2.06. The predicted octanol–water partition coefficient (Wildman–Crippen LogP) is 3.55. The van der Waals surface area contributed by atoms with Gasteiger partial charge in [0.15, 0.2) is 5.65 Å². The Morgan fingerprint density at radius 2 is 2.15 bits per heavy atom. The monoisotopic (exact) mass is 353 g/mol. The molecule has 0 radical (unpaired) electrons. The first-order valence-corrected chi connectivity index (χ1v) is 7.36. The van der Waals surface area contributed by atoms with E-state index in [0.717, 1.165) is 33.6 Å². The van der Waals surface area contributed by atoms with Crippen molar-refractivity contribution < 1.29 is 0 Å². The van der Waals surface area contributed by atoms with Gasteiger partial charge < -0.3 is 5.73 Å². The van der Waals surface area contributed by atoms with Gasteiger partial charge in [0, 0.05) is 11.0 Å². The minimum absolute atomic E-state index is 0.432. The molecule has 0 fully saturated rings. The first-order valence-electron chi connectivity index (χ1n) is 6.19. The van der Waals surface area contributed by atoms with E-state index in [4.69, 9.17) is 17.3 Å². The molecule has 2 heterocycles. The molecule has 0 spiro atoms. The van der Waals surface area contributed by atoms with E-state index >= 15 is 0 Å². The number of hydrogen-bond acceptors (Lipinski definition) is 3. The number of nitrogen functional groups attached to an aromatic ring is 1. The van der Waals surface area contributed by atoms with Gasteiger partial charge in [-0.2, -0.15) is 5.10 Å². The van der Waals surface area contributed by atoms with Crippen molar-refractivity contribution in [3.63, 3.8) is 0 Å². The van der Waals surface area contributed by atoms with E-state index in [9.17, 15) is 0 Å². The molecule has 3 aromatic rings. The van der Waals surface area contributed by atoms with Crippen LogP contribution in [0.25, 0.3) is 16.9 Å². The van der Waals surface area contributed by atoms with Crippen molar-refractivity contribution in [2.24, 2.45) is 0 Å². The normalized spacial score (nSPS) is 11.4. The molecule has 0 amide bonds. The third-order valence-electron chi connectivity index (χ3n) is 3.20. The summed E-state index contributed by atoms with van der Waals surface area (Å²) in [7, 11) is 0. The van der Waals surface area contributed by atoms with Crippen LogP contribution in [0.3, 0.4) is 0 Å². The molecule has 0 aliphatic carbocycles. The Morgan fingerprint density at radius 3 is 2.80 bits per heavy atom. The number of hydrogen-bond donors (Lipinski definition) is 1. The predicted molar refractivity (Wildman–Crippen MR) is 84.4 cm³/mol. The fraction of sp³-hybridized carbons (Fsp3) is 0.231. The third-order valence-corrected chi connectivity index (χ3v) is 4.43. The van der Waals surface area contributed by atoms with Crippen molar-refractivity contribution in [3.05, 3.63) is 33.4 Å². The van der Waals surface area contributed by atoms with E-state index in [-0.39, 0.29) is 0 Å². The van der Waals surface area contributed by atoms with E-state index in [2.05, 4.69) is 26.0 Å². The van der Waals surface area contributed by atoms with Crippen LogP contribution in [0.4, 0.5) is 5.95 Å². The Kier molecular flexibility index (Phi) is 3.22. The maximum atomic E-state index is 6.17. The van der Waals surface area contributed by atoms with Gasteiger partial charge in [-0.3, -0.25) is 4.57 Å². The lowest BCUT2D eigenvalue weighted by molar-refractivity contribution is 0.663. The van der Waals surface area contributed by atoms with E-state index < -0.39 is 0 Å². The number of fused-ring (bicyclic) bond motifs is 1. The van der Waals surface area contributed by atoms with Crippen LogP contribution >= 0.6 is 27.5 Å². The van der Waals surface area contributed by atoms with Gasteiger partial charge in [0.1, 0.15) is 5.52 Å². The maximum Gasteiger partial charge on any atom is 0.207 e. The number of imidazole rings is 1. The highest BCUT2D eigenvalue weighted by Crippen LogP contribution is 2.29. The maximum absolute atomic E-state index is 6.17. The zero-order chi connectivity index (χ0) is 14.4. The largest absolute Gasteiger partial charge is 0.369 e. The number of aryl methyl sites for hydroxylation is 2.